The van der Waals surface area contributed by atoms with Gasteiger partial charge in [-0.15, -0.1) is 0 Å². The van der Waals surface area contributed by atoms with Gasteiger partial charge in [-0.05, 0) is 37.0 Å². The van der Waals surface area contributed by atoms with Crippen molar-refractivity contribution in [1.29, 1.82) is 0 Å². The second kappa shape index (κ2) is 5.56. The van der Waals surface area contributed by atoms with Gasteiger partial charge in [-0.1, -0.05) is 26.8 Å². The van der Waals surface area contributed by atoms with Crippen molar-refractivity contribution in [3.63, 3.8) is 0 Å². The van der Waals surface area contributed by atoms with Gasteiger partial charge in [0.2, 0.25) is 0 Å². The molecule has 2 rings (SSSR count). The molecular weight excluding hydrogens is 280 g/mol. The van der Waals surface area contributed by atoms with Crippen molar-refractivity contribution in [1.82, 2.24) is 0 Å². The summed E-state index contributed by atoms with van der Waals surface area (Å²) in [6.07, 6.45) is 0. The van der Waals surface area contributed by atoms with Crippen LogP contribution in [0.25, 0.3) is 0 Å². The summed E-state index contributed by atoms with van der Waals surface area (Å²) in [5, 5.41) is 9.28. The average Bonchev–Trinajstić information content (AvgIpc) is 2.41. The molecule has 0 aliphatic carbocycles. The van der Waals surface area contributed by atoms with Crippen LogP contribution in [0.2, 0.25) is 0 Å². The second-order valence-corrected chi connectivity index (χ2v) is 7.36. The fraction of sp³-hybridized carbons (Fsp3) is 0.588. The highest BCUT2D eigenvalue weighted by atomic mass is 16.5. The van der Waals surface area contributed by atoms with Gasteiger partial charge in [0.1, 0.15) is 5.75 Å². The summed E-state index contributed by atoms with van der Waals surface area (Å²) < 4.78 is 5.81. The number of β-amino-alcohol motifs (C(OH)–C–C–N with tert-alkyl or cyclic N) is 1. The average molecular weight is 306 g/mol. The Bertz CT molecular complexity index is 576. The summed E-state index contributed by atoms with van der Waals surface area (Å²) >= 11 is 0. The molecular formula is C17H26N2O3. The lowest BCUT2D eigenvalue weighted by Gasteiger charge is -2.39. The number of amides is 1. The molecule has 1 unspecified atom stereocenters. The van der Waals surface area contributed by atoms with Crippen LogP contribution in [0.4, 0.5) is 5.69 Å². The topological polar surface area (TPSA) is 75.8 Å². The van der Waals surface area contributed by atoms with Gasteiger partial charge in [0.25, 0.3) is 5.91 Å². The second-order valence-electron chi connectivity index (χ2n) is 7.36. The highest BCUT2D eigenvalue weighted by Gasteiger charge is 2.41. The first kappa shape index (κ1) is 16.8. The molecule has 1 atom stereocenters. The summed E-state index contributed by atoms with van der Waals surface area (Å²) in [7, 11) is 0. The van der Waals surface area contributed by atoms with E-state index in [0.717, 1.165) is 5.56 Å². The quantitative estimate of drug-likeness (QED) is 0.898. The van der Waals surface area contributed by atoms with Crippen molar-refractivity contribution in [2.24, 2.45) is 11.1 Å². The molecule has 1 heterocycles. The van der Waals surface area contributed by atoms with Crippen LogP contribution in [-0.4, -0.2) is 29.8 Å². The molecule has 0 saturated heterocycles. The Balaban J connectivity index is 2.49. The summed E-state index contributed by atoms with van der Waals surface area (Å²) in [5.41, 5.74) is 6.92. The number of hydrogen-bond acceptors (Lipinski definition) is 4. The minimum absolute atomic E-state index is 0.0884. The molecule has 1 aliphatic rings. The maximum Gasteiger partial charge on any atom is 0.270 e. The number of nitrogens with zero attached hydrogens (tertiary/aromatic N) is 1. The number of hydrogen-bond donors (Lipinski definition) is 2. The third-order valence-corrected chi connectivity index (χ3v) is 4.01. The molecule has 5 heteroatoms. The Kier molecular flexibility index (Phi) is 4.24. The summed E-state index contributed by atoms with van der Waals surface area (Å²) in [4.78, 5) is 14.1. The molecule has 1 amide bonds. The molecule has 0 aromatic heterocycles. The molecule has 0 spiro atoms. The number of benzene rings is 1. The summed E-state index contributed by atoms with van der Waals surface area (Å²) in [5.74, 6) is 0.485. The van der Waals surface area contributed by atoms with E-state index in [0.29, 0.717) is 11.4 Å². The maximum absolute atomic E-state index is 12.5. The Morgan fingerprint density at radius 3 is 2.55 bits per heavy atom. The van der Waals surface area contributed by atoms with Crippen molar-refractivity contribution in [3.05, 3.63) is 23.8 Å². The highest BCUT2D eigenvalue weighted by Crippen LogP contribution is 2.41. The monoisotopic (exact) mass is 306 g/mol. The fourth-order valence-electron chi connectivity index (χ4n) is 2.60. The normalized spacial score (nSPS) is 18.7. The van der Waals surface area contributed by atoms with Gasteiger partial charge in [0.05, 0.1) is 12.3 Å². The molecule has 1 aliphatic heterocycles. The van der Waals surface area contributed by atoms with Gasteiger partial charge in [-0.25, -0.2) is 0 Å². The van der Waals surface area contributed by atoms with Gasteiger partial charge in [0, 0.05) is 12.6 Å². The molecule has 1 aromatic carbocycles. The minimum Gasteiger partial charge on any atom is -0.476 e. The number of aliphatic hydroxyl groups excluding tert-OH is 1. The van der Waals surface area contributed by atoms with Gasteiger partial charge in [-0.3, -0.25) is 4.79 Å². The summed E-state index contributed by atoms with van der Waals surface area (Å²) in [6.45, 7) is 9.84. The lowest BCUT2D eigenvalue weighted by atomic mass is 9.83. The molecule has 5 nitrogen and oxygen atoms in total. The Labute approximate surface area is 132 Å². The molecule has 3 N–H and O–H groups in total. The van der Waals surface area contributed by atoms with E-state index in [4.69, 9.17) is 10.5 Å². The van der Waals surface area contributed by atoms with Crippen LogP contribution in [0.5, 0.6) is 5.75 Å². The van der Waals surface area contributed by atoms with E-state index in [2.05, 4.69) is 20.8 Å². The third-order valence-electron chi connectivity index (χ3n) is 4.01. The Hall–Kier alpha value is -1.59. The standard InChI is InChI=1S/C17H26N2O3/c1-16(2,3)14(18)11-6-7-13-12(10-11)19(8-9-20)15(21)17(4,5)22-13/h6-7,10,14,20H,8-9,18H2,1-5H3. The van der Waals surface area contributed by atoms with Crippen LogP contribution in [0.3, 0.4) is 0 Å². The van der Waals surface area contributed by atoms with Gasteiger partial charge in [-0.2, -0.15) is 0 Å². The van der Waals surface area contributed by atoms with Gasteiger partial charge >= 0.3 is 0 Å². The number of fused-ring (bicyclic) bond motifs is 1. The van der Waals surface area contributed by atoms with E-state index in [1.807, 2.05) is 18.2 Å². The predicted octanol–water partition coefficient (Wildman–Crippen LogP) is 2.23. The molecule has 1 aromatic rings. The van der Waals surface area contributed by atoms with Crippen LogP contribution in [0, 0.1) is 5.41 Å². The van der Waals surface area contributed by atoms with Gasteiger partial charge in [0.15, 0.2) is 5.60 Å². The number of nitrogens with two attached hydrogens (primary N) is 1. The van der Waals surface area contributed by atoms with Crippen molar-refractivity contribution < 1.29 is 14.6 Å². The number of anilines is 1. The van der Waals surface area contributed by atoms with Crippen LogP contribution >= 0.6 is 0 Å². The number of aliphatic hydroxyl groups is 1. The van der Waals surface area contributed by atoms with E-state index in [-0.39, 0.29) is 30.5 Å². The predicted molar refractivity (Wildman–Crippen MR) is 87.0 cm³/mol. The van der Waals surface area contributed by atoms with Crippen LogP contribution in [0.15, 0.2) is 18.2 Å². The SMILES string of the molecule is CC1(C)Oc2ccc(C(N)C(C)(C)C)cc2N(CCO)C1=O. The zero-order valence-corrected chi connectivity index (χ0v) is 14.0. The highest BCUT2D eigenvalue weighted by molar-refractivity contribution is 6.02. The zero-order chi connectivity index (χ0) is 16.7. The van der Waals surface area contributed by atoms with E-state index in [9.17, 15) is 9.90 Å². The molecule has 22 heavy (non-hydrogen) atoms. The van der Waals surface area contributed by atoms with E-state index < -0.39 is 5.60 Å². The van der Waals surface area contributed by atoms with E-state index in [1.165, 1.54) is 0 Å². The third kappa shape index (κ3) is 2.96. The van der Waals surface area contributed by atoms with E-state index in [1.54, 1.807) is 18.7 Å². The van der Waals surface area contributed by atoms with Crippen molar-refractivity contribution in [2.45, 2.75) is 46.3 Å². The number of carbonyl (C=O) groups is 1. The number of rotatable bonds is 3. The minimum atomic E-state index is -0.935. The lowest BCUT2D eigenvalue weighted by molar-refractivity contribution is -0.132. The first-order valence-corrected chi connectivity index (χ1v) is 7.59. The molecule has 0 radical (unpaired) electrons. The van der Waals surface area contributed by atoms with Crippen LogP contribution in [0.1, 0.15) is 46.2 Å². The van der Waals surface area contributed by atoms with Crippen molar-refractivity contribution >= 4 is 11.6 Å². The first-order chi connectivity index (χ1) is 10.1. The van der Waals surface area contributed by atoms with Crippen molar-refractivity contribution in [2.75, 3.05) is 18.1 Å². The number of carbonyl (C=O) groups excluding carboxylic acids is 1. The molecule has 0 fully saturated rings. The number of ether oxygens (including phenoxy) is 1. The lowest BCUT2D eigenvalue weighted by Crippen LogP contribution is -2.53. The molecule has 0 bridgehead atoms. The van der Waals surface area contributed by atoms with Crippen LogP contribution in [-0.2, 0) is 4.79 Å². The Morgan fingerprint density at radius 1 is 1.36 bits per heavy atom. The molecule has 0 saturated carbocycles. The van der Waals surface area contributed by atoms with Crippen molar-refractivity contribution in [3.8, 4) is 5.75 Å². The molecule has 122 valence electrons. The smallest absolute Gasteiger partial charge is 0.270 e. The Morgan fingerprint density at radius 2 is 2.00 bits per heavy atom. The fourth-order valence-corrected chi connectivity index (χ4v) is 2.60. The zero-order valence-electron chi connectivity index (χ0n) is 14.0. The van der Waals surface area contributed by atoms with Crippen LogP contribution < -0.4 is 15.4 Å². The summed E-state index contributed by atoms with van der Waals surface area (Å²) in [6, 6.07) is 5.54. The van der Waals surface area contributed by atoms with Gasteiger partial charge < -0.3 is 20.5 Å². The first-order valence-electron chi connectivity index (χ1n) is 7.59. The maximum atomic E-state index is 12.5. The largest absolute Gasteiger partial charge is 0.476 e. The van der Waals surface area contributed by atoms with E-state index >= 15 is 0 Å².